The first kappa shape index (κ1) is 15.0. The Morgan fingerprint density at radius 3 is 1.94 bits per heavy atom. The van der Waals surface area contributed by atoms with Crippen LogP contribution in [0.2, 0.25) is 5.02 Å². The smallest absolute Gasteiger partial charge is 0.316 e. The number of hydrogen-bond donors (Lipinski definition) is 1. The summed E-state index contributed by atoms with van der Waals surface area (Å²) in [5.41, 5.74) is 1.86. The fourth-order valence-corrected chi connectivity index (χ4v) is 1.55. The number of halogens is 8. The van der Waals surface area contributed by atoms with Gasteiger partial charge >= 0.3 is 12.4 Å². The van der Waals surface area contributed by atoms with Gasteiger partial charge in [0.2, 0.25) is 0 Å². The number of hydrogen-bond acceptors (Lipinski definition) is 1. The summed E-state index contributed by atoms with van der Waals surface area (Å²) in [6.07, 6.45) is -10.1. The molecular formula is C9H5ClF7N. The van der Waals surface area contributed by atoms with Gasteiger partial charge in [-0.3, -0.25) is 0 Å². The zero-order valence-corrected chi connectivity index (χ0v) is 9.09. The van der Waals surface area contributed by atoms with Crippen LogP contribution in [0, 0.1) is 5.82 Å². The van der Waals surface area contributed by atoms with Gasteiger partial charge in [0.25, 0.3) is 0 Å². The summed E-state index contributed by atoms with van der Waals surface area (Å²) in [6, 6.07) is -2.55. The molecule has 0 aromatic heterocycles. The normalized spacial score (nSPS) is 14.7. The highest BCUT2D eigenvalue weighted by Crippen LogP contribution is 2.41. The topological polar surface area (TPSA) is 26.0 Å². The first-order valence-electron chi connectivity index (χ1n) is 4.33. The quantitative estimate of drug-likeness (QED) is 0.777. The van der Waals surface area contributed by atoms with Crippen molar-refractivity contribution < 1.29 is 30.7 Å². The summed E-state index contributed by atoms with van der Waals surface area (Å²) in [5.74, 6) is -1.50. The maximum atomic E-state index is 12.9. The lowest BCUT2D eigenvalue weighted by atomic mass is 10.0. The maximum absolute atomic E-state index is 12.9. The summed E-state index contributed by atoms with van der Waals surface area (Å²) in [5, 5.41) is -1.26. The van der Waals surface area contributed by atoms with Crippen molar-refractivity contribution in [3.63, 3.8) is 0 Å². The number of nitrogens with two attached hydrogens (primary N) is 1. The molecule has 0 bridgehead atoms. The molecule has 1 nitrogen and oxygen atoms in total. The van der Waals surface area contributed by atoms with Gasteiger partial charge in [0.05, 0.1) is 10.6 Å². The van der Waals surface area contributed by atoms with E-state index in [1.54, 1.807) is 0 Å². The monoisotopic (exact) mass is 295 g/mol. The van der Waals surface area contributed by atoms with Crippen LogP contribution in [0.1, 0.15) is 17.2 Å². The Hall–Kier alpha value is -1.02. The minimum Gasteiger partial charge on any atom is -0.316 e. The third-order valence-corrected chi connectivity index (χ3v) is 2.48. The Balaban J connectivity index is 3.44. The van der Waals surface area contributed by atoms with Gasteiger partial charge in [-0.05, 0) is 12.1 Å². The molecule has 9 heteroatoms. The zero-order valence-electron chi connectivity index (χ0n) is 8.33. The molecule has 0 saturated carbocycles. The molecule has 0 fully saturated rings. The van der Waals surface area contributed by atoms with Crippen molar-refractivity contribution in [2.75, 3.05) is 0 Å². The lowest BCUT2D eigenvalue weighted by Gasteiger charge is -2.19. The van der Waals surface area contributed by atoms with E-state index in [4.69, 9.17) is 17.3 Å². The third-order valence-electron chi connectivity index (χ3n) is 2.06. The second-order valence-corrected chi connectivity index (χ2v) is 3.75. The van der Waals surface area contributed by atoms with Crippen molar-refractivity contribution in [3.05, 3.63) is 34.1 Å². The van der Waals surface area contributed by atoms with E-state index in [0.717, 1.165) is 0 Å². The van der Waals surface area contributed by atoms with Crippen LogP contribution in [-0.4, -0.2) is 6.18 Å². The molecule has 2 N–H and O–H groups in total. The predicted octanol–water partition coefficient (Wildman–Crippen LogP) is 4.06. The van der Waals surface area contributed by atoms with Crippen LogP contribution in [0.4, 0.5) is 30.7 Å². The van der Waals surface area contributed by atoms with E-state index in [1.807, 2.05) is 0 Å². The van der Waals surface area contributed by atoms with Crippen molar-refractivity contribution >= 4 is 11.6 Å². The van der Waals surface area contributed by atoms with E-state index < -0.39 is 40.4 Å². The molecule has 102 valence electrons. The third kappa shape index (κ3) is 3.05. The van der Waals surface area contributed by atoms with Crippen molar-refractivity contribution in [1.29, 1.82) is 0 Å². The van der Waals surface area contributed by atoms with Gasteiger partial charge in [-0.2, -0.15) is 26.3 Å². The minimum absolute atomic E-state index is 0.00886. The van der Waals surface area contributed by atoms with Gasteiger partial charge in [0.1, 0.15) is 11.9 Å². The van der Waals surface area contributed by atoms with Crippen molar-refractivity contribution in [1.82, 2.24) is 0 Å². The Bertz CT molecular complexity index is 451. The molecule has 0 aliphatic heterocycles. The Morgan fingerprint density at radius 2 is 1.56 bits per heavy atom. The van der Waals surface area contributed by atoms with Gasteiger partial charge in [-0.25, -0.2) is 4.39 Å². The van der Waals surface area contributed by atoms with Gasteiger partial charge < -0.3 is 5.73 Å². The number of benzene rings is 1. The highest BCUT2D eigenvalue weighted by molar-refractivity contribution is 6.32. The molecule has 0 aliphatic carbocycles. The van der Waals surface area contributed by atoms with Crippen molar-refractivity contribution in [3.8, 4) is 0 Å². The first-order valence-corrected chi connectivity index (χ1v) is 4.71. The molecule has 0 radical (unpaired) electrons. The molecule has 0 unspecified atom stereocenters. The molecule has 0 heterocycles. The average Bonchev–Trinajstić information content (AvgIpc) is 2.17. The van der Waals surface area contributed by atoms with Crippen LogP contribution in [-0.2, 0) is 6.18 Å². The fraction of sp³-hybridized carbons (Fsp3) is 0.333. The van der Waals surface area contributed by atoms with Gasteiger partial charge in [0.15, 0.2) is 0 Å². The molecule has 1 aromatic carbocycles. The van der Waals surface area contributed by atoms with E-state index >= 15 is 0 Å². The van der Waals surface area contributed by atoms with E-state index in [1.165, 1.54) is 0 Å². The lowest BCUT2D eigenvalue weighted by molar-refractivity contribution is -0.150. The van der Waals surface area contributed by atoms with Crippen LogP contribution < -0.4 is 5.73 Å². The summed E-state index contributed by atoms with van der Waals surface area (Å²) in [7, 11) is 0. The molecule has 18 heavy (non-hydrogen) atoms. The average molecular weight is 296 g/mol. The largest absolute Gasteiger partial charge is 0.417 e. The highest BCUT2D eigenvalue weighted by Gasteiger charge is 2.42. The molecule has 1 aromatic rings. The first-order chi connectivity index (χ1) is 7.94. The molecule has 0 spiro atoms. The molecular weight excluding hydrogens is 291 g/mol. The van der Waals surface area contributed by atoms with E-state index in [9.17, 15) is 30.7 Å². The van der Waals surface area contributed by atoms with Crippen LogP contribution in [0.15, 0.2) is 12.1 Å². The summed E-state index contributed by atoms with van der Waals surface area (Å²) >= 11 is 5.20. The van der Waals surface area contributed by atoms with Crippen LogP contribution in [0.5, 0.6) is 0 Å². The molecule has 0 aliphatic rings. The Kier molecular flexibility index (Phi) is 3.83. The molecule has 0 amide bonds. The van der Waals surface area contributed by atoms with Gasteiger partial charge in [-0.1, -0.05) is 11.6 Å². The Morgan fingerprint density at radius 1 is 1.06 bits per heavy atom. The van der Waals surface area contributed by atoms with E-state index in [2.05, 4.69) is 0 Å². The maximum Gasteiger partial charge on any atom is 0.417 e. The highest BCUT2D eigenvalue weighted by atomic mass is 35.5. The predicted molar refractivity (Wildman–Crippen MR) is 49.4 cm³/mol. The van der Waals surface area contributed by atoms with Crippen LogP contribution >= 0.6 is 11.6 Å². The SMILES string of the molecule is N[C@@H](c1cc(F)cc(C(F)(F)F)c1Cl)C(F)(F)F. The van der Waals surface area contributed by atoms with Crippen molar-refractivity contribution in [2.45, 2.75) is 18.4 Å². The lowest BCUT2D eigenvalue weighted by Crippen LogP contribution is -2.29. The van der Waals surface area contributed by atoms with Crippen molar-refractivity contribution in [2.24, 2.45) is 5.73 Å². The van der Waals surface area contributed by atoms with Gasteiger partial charge in [0, 0.05) is 5.56 Å². The molecule has 0 saturated heterocycles. The second kappa shape index (κ2) is 4.58. The fourth-order valence-electron chi connectivity index (χ4n) is 1.22. The Labute approximate surface area is 101 Å². The van der Waals surface area contributed by atoms with Crippen LogP contribution in [0.3, 0.4) is 0 Å². The number of rotatable bonds is 1. The zero-order chi connectivity index (χ0) is 14.3. The summed E-state index contributed by atoms with van der Waals surface area (Å²) in [6.45, 7) is 0. The minimum atomic E-state index is -5.07. The summed E-state index contributed by atoms with van der Waals surface area (Å²) in [4.78, 5) is 0. The second-order valence-electron chi connectivity index (χ2n) is 3.37. The van der Waals surface area contributed by atoms with Crippen LogP contribution in [0.25, 0.3) is 0 Å². The standard InChI is InChI=1S/C9H5ClF7N/c10-6-4(7(18)9(15,16)17)1-3(11)2-5(6)8(12,13)14/h1-2,7H,18H2/t7-/m0/s1. The number of alkyl halides is 6. The van der Waals surface area contributed by atoms with E-state index in [0.29, 0.717) is 0 Å². The van der Waals surface area contributed by atoms with Gasteiger partial charge in [-0.15, -0.1) is 0 Å². The molecule has 1 rings (SSSR count). The van der Waals surface area contributed by atoms with E-state index in [-0.39, 0.29) is 12.1 Å². The summed E-state index contributed by atoms with van der Waals surface area (Å²) < 4.78 is 87.0. The molecule has 1 atom stereocenters.